The van der Waals surface area contributed by atoms with E-state index in [1.54, 1.807) is 0 Å². The third-order valence-electron chi connectivity index (χ3n) is 4.47. The van der Waals surface area contributed by atoms with E-state index in [9.17, 15) is 0 Å². The fourth-order valence-electron chi connectivity index (χ4n) is 2.62. The zero-order valence-corrected chi connectivity index (χ0v) is 19.8. The highest BCUT2D eigenvalue weighted by Crippen LogP contribution is 2.05. The highest BCUT2D eigenvalue weighted by Gasteiger charge is 1.84. The minimum Gasteiger partial charge on any atom is -0.216 e. The van der Waals surface area contributed by atoms with Crippen LogP contribution < -0.4 is 5.46 Å². The van der Waals surface area contributed by atoms with Gasteiger partial charge in [0.2, 0.25) is 0 Å². The van der Waals surface area contributed by atoms with Gasteiger partial charge in [0.25, 0.3) is 0 Å². The molecule has 0 heterocycles. The molecule has 0 aromatic heterocycles. The Bertz CT molecular complexity index is 328. The van der Waals surface area contributed by atoms with Gasteiger partial charge in [0, 0.05) is 4.47 Å². The second-order valence-electron chi connectivity index (χ2n) is 7.13. The van der Waals surface area contributed by atoms with Crippen LogP contribution in [0.5, 0.6) is 0 Å². The fourth-order valence-corrected chi connectivity index (χ4v) is 3.14. The Hall–Kier alpha value is -0.235. The molecule has 0 unspecified atom stereocenters. The van der Waals surface area contributed by atoms with Crippen LogP contribution in [0.2, 0.25) is 6.82 Å². The van der Waals surface area contributed by atoms with Crippen LogP contribution in [-0.2, 0) is 0 Å². The van der Waals surface area contributed by atoms with Crippen LogP contribution >= 0.6 is 15.9 Å². The van der Waals surface area contributed by atoms with Crippen LogP contribution in [0.3, 0.4) is 0 Å². The zero-order chi connectivity index (χ0) is 19.2. The number of rotatable bonds is 11. The summed E-state index contributed by atoms with van der Waals surface area (Å²) in [6.45, 7) is 11.3. The molecule has 1 aromatic rings. The summed E-state index contributed by atoms with van der Waals surface area (Å²) in [6, 6.07) is 8.53. The Balaban J connectivity index is 0. The van der Waals surface area contributed by atoms with Gasteiger partial charge in [0.1, 0.15) is 0 Å². The molecule has 0 radical (unpaired) electrons. The first kappa shape index (κ1) is 27.0. The molecule has 0 fully saturated rings. The van der Waals surface area contributed by atoms with Gasteiger partial charge in [0.15, 0.2) is 0 Å². The van der Waals surface area contributed by atoms with E-state index < -0.39 is 0 Å². The highest BCUT2D eigenvalue weighted by atomic mass is 79.9. The average molecular weight is 412 g/mol. The Morgan fingerprint density at radius 2 is 1.08 bits per heavy atom. The van der Waals surface area contributed by atoms with Crippen molar-refractivity contribution in [1.29, 1.82) is 0 Å². The van der Waals surface area contributed by atoms with Gasteiger partial charge >= 0.3 is 0 Å². The lowest BCUT2D eigenvalue weighted by Crippen LogP contribution is -2.08. The third kappa shape index (κ3) is 23.8. The summed E-state index contributed by atoms with van der Waals surface area (Å²) in [5, 5.41) is 0. The van der Waals surface area contributed by atoms with Gasteiger partial charge in [-0.05, 0) is 13.3 Å². The lowest BCUT2D eigenvalue weighted by molar-refractivity contribution is 0.624. The molecule has 0 atom stereocenters. The predicted molar refractivity (Wildman–Crippen MR) is 126 cm³/mol. The molecule has 0 N–H and O–H groups in total. The van der Waals surface area contributed by atoms with Crippen LogP contribution in [0, 0.1) is 0 Å². The molecule has 0 aliphatic carbocycles. The summed E-state index contributed by atoms with van der Waals surface area (Å²) < 4.78 is 1.20. The van der Waals surface area contributed by atoms with Crippen molar-refractivity contribution >= 4 is 28.7 Å². The van der Waals surface area contributed by atoms with Gasteiger partial charge in [-0.15, -0.1) is 0 Å². The van der Waals surface area contributed by atoms with Crippen molar-refractivity contribution in [2.45, 2.75) is 112 Å². The molecule has 0 aliphatic rings. The predicted octanol–water partition coefficient (Wildman–Crippen LogP) is 8.02. The Morgan fingerprint density at radius 1 is 0.680 bits per heavy atom. The maximum atomic E-state index is 3.42. The van der Waals surface area contributed by atoms with Crippen LogP contribution in [0.25, 0.3) is 0 Å². The zero-order valence-electron chi connectivity index (χ0n) is 18.2. The number of hydrogen-bond donors (Lipinski definition) is 0. The van der Waals surface area contributed by atoms with Gasteiger partial charge in [-0.25, -0.2) is 5.46 Å². The molecule has 1 aromatic carbocycles. The Morgan fingerprint density at radius 3 is 1.32 bits per heavy atom. The first-order chi connectivity index (χ1) is 12.2. The van der Waals surface area contributed by atoms with E-state index in [1.165, 1.54) is 87.0 Å². The number of hydrogen-bond acceptors (Lipinski definition) is 0. The maximum absolute atomic E-state index is 3.42. The topological polar surface area (TPSA) is 0 Å². The van der Waals surface area contributed by atoms with Gasteiger partial charge in [-0.1, -0.05) is 139 Å². The average Bonchev–Trinajstić information content (AvgIpc) is 2.64. The Labute approximate surface area is 169 Å². The van der Waals surface area contributed by atoms with E-state index in [1.807, 2.05) is 0 Å². The molecule has 148 valence electrons. The molecule has 2 heteroatoms. The van der Waals surface area contributed by atoms with Crippen LogP contribution in [0.1, 0.15) is 105 Å². The summed E-state index contributed by atoms with van der Waals surface area (Å²) in [5.41, 5.74) is 1.50. The second-order valence-corrected chi connectivity index (χ2v) is 8.04. The van der Waals surface area contributed by atoms with Gasteiger partial charge < -0.3 is 0 Å². The van der Waals surface area contributed by atoms with E-state index in [4.69, 9.17) is 0 Å². The normalized spacial score (nSPS) is 9.68. The number of unbranched alkanes of at least 4 members (excludes halogenated alkanes) is 10. The molecule has 0 aliphatic heterocycles. The van der Waals surface area contributed by atoms with Gasteiger partial charge in [-0.3, -0.25) is 0 Å². The largest absolute Gasteiger partial charge is 0.216 e. The third-order valence-corrected chi connectivity index (χ3v) is 4.96. The highest BCUT2D eigenvalue weighted by molar-refractivity contribution is 9.10. The van der Waals surface area contributed by atoms with Gasteiger partial charge in [0.05, 0.1) is 0 Å². The number of benzene rings is 1. The minimum atomic E-state index is 0.147. The molecule has 25 heavy (non-hydrogen) atoms. The molecule has 0 amide bonds. The fraction of sp³-hybridized carbons (Fsp3) is 0.739. The molecule has 0 saturated heterocycles. The first-order valence-electron chi connectivity index (χ1n) is 11.3. The SMILES string of the molecule is CCCCCCCC.CCCCCCCC.C[BH2-]c1cccc(Br)c1. The van der Waals surface area contributed by atoms with E-state index >= 15 is 0 Å². The summed E-state index contributed by atoms with van der Waals surface area (Å²) >= 11 is 3.42. The standard InChI is InChI=1S/2C8H18.C7H9BBr/c2*1-3-5-7-8-6-4-2;1-8-6-3-2-4-7(9)5-6/h2*3-8H2,1-2H3;2-5H,8H2,1H3/q;;-1. The van der Waals surface area contributed by atoms with Gasteiger partial charge in [-0.2, -0.15) is 6.82 Å². The minimum absolute atomic E-state index is 0.147. The van der Waals surface area contributed by atoms with Crippen molar-refractivity contribution in [2.24, 2.45) is 0 Å². The molecule has 1 rings (SSSR count). The van der Waals surface area contributed by atoms with Crippen LogP contribution in [-0.4, -0.2) is 7.28 Å². The number of halogens is 1. The van der Waals surface area contributed by atoms with Crippen molar-refractivity contribution in [3.63, 3.8) is 0 Å². The lowest BCUT2D eigenvalue weighted by Gasteiger charge is -1.99. The Kier molecular flexibility index (Phi) is 25.7. The smallest absolute Gasteiger partial charge is 0.0143 e. The second kappa shape index (κ2) is 23.8. The monoisotopic (exact) mass is 411 g/mol. The van der Waals surface area contributed by atoms with Crippen molar-refractivity contribution in [3.8, 4) is 0 Å². The summed E-state index contributed by atoms with van der Waals surface area (Å²) in [7, 11) is 0.147. The van der Waals surface area contributed by atoms with Crippen molar-refractivity contribution in [3.05, 3.63) is 28.7 Å². The summed E-state index contributed by atoms with van der Waals surface area (Å²) in [6.07, 6.45) is 17.0. The molecular weight excluding hydrogens is 367 g/mol. The summed E-state index contributed by atoms with van der Waals surface area (Å²) in [5.74, 6) is 0. The van der Waals surface area contributed by atoms with Crippen molar-refractivity contribution < 1.29 is 0 Å². The van der Waals surface area contributed by atoms with Crippen LogP contribution in [0.4, 0.5) is 0 Å². The van der Waals surface area contributed by atoms with E-state index in [-0.39, 0.29) is 7.28 Å². The van der Waals surface area contributed by atoms with Crippen LogP contribution in [0.15, 0.2) is 28.7 Å². The quantitative estimate of drug-likeness (QED) is 0.255. The lowest BCUT2D eigenvalue weighted by atomic mass is 9.74. The molecule has 0 saturated carbocycles. The maximum Gasteiger partial charge on any atom is 0.0143 e. The first-order valence-corrected chi connectivity index (χ1v) is 12.1. The van der Waals surface area contributed by atoms with E-state index in [2.05, 4.69) is 74.7 Å². The molecular formula is C23H45BBr-. The van der Waals surface area contributed by atoms with E-state index in [0.717, 1.165) is 0 Å². The summed E-state index contributed by atoms with van der Waals surface area (Å²) in [4.78, 5) is 0. The molecule has 0 spiro atoms. The van der Waals surface area contributed by atoms with E-state index in [0.29, 0.717) is 0 Å². The molecule has 0 bridgehead atoms. The van der Waals surface area contributed by atoms with Crippen molar-refractivity contribution in [1.82, 2.24) is 0 Å². The van der Waals surface area contributed by atoms with Crippen molar-refractivity contribution in [2.75, 3.05) is 0 Å². The molecule has 0 nitrogen and oxygen atoms in total.